The molecule has 0 bridgehead atoms. The number of aromatic nitrogens is 1. The number of halogens is 2. The fourth-order valence-corrected chi connectivity index (χ4v) is 2.75. The Morgan fingerprint density at radius 3 is 2.74 bits per heavy atom. The van der Waals surface area contributed by atoms with E-state index in [0.29, 0.717) is 33.8 Å². The Bertz CT molecular complexity index is 893. The van der Waals surface area contributed by atoms with Crippen LogP contribution in [0.3, 0.4) is 0 Å². The summed E-state index contributed by atoms with van der Waals surface area (Å²) in [5.74, 6) is 0.752. The summed E-state index contributed by atoms with van der Waals surface area (Å²) >= 11 is 11.7. The Balaban J connectivity index is 2.20. The number of ether oxygens (including phenoxy) is 1. The maximum atomic E-state index is 11.8. The number of pyridine rings is 1. The lowest BCUT2D eigenvalue weighted by molar-refractivity contribution is 0.108. The number of carbonyl (C=O) groups excluding carboxylic acids is 1. The van der Waals surface area contributed by atoms with E-state index in [9.17, 15) is 4.79 Å². The lowest BCUT2D eigenvalue weighted by Gasteiger charge is -2.09. The van der Waals surface area contributed by atoms with E-state index in [0.717, 1.165) is 11.3 Å². The molecular formula is C18H13Cl2NO2. The van der Waals surface area contributed by atoms with Crippen LogP contribution in [0.15, 0.2) is 48.5 Å². The average molecular weight is 346 g/mol. The number of nitrogens with zero attached hydrogens (tertiary/aromatic N) is 1. The molecule has 0 saturated heterocycles. The Hall–Kier alpha value is -2.10. The molecule has 5 heteroatoms. The van der Waals surface area contributed by atoms with Gasteiger partial charge in [0, 0.05) is 21.5 Å². The summed E-state index contributed by atoms with van der Waals surface area (Å²) in [5.41, 5.74) is 2.56. The van der Waals surface area contributed by atoms with Crippen LogP contribution in [0.1, 0.15) is 17.3 Å². The van der Waals surface area contributed by atoms with Crippen LogP contribution in [0.5, 0.6) is 5.75 Å². The third kappa shape index (κ3) is 3.31. The topological polar surface area (TPSA) is 39.2 Å². The van der Waals surface area contributed by atoms with Crippen LogP contribution in [0.4, 0.5) is 0 Å². The van der Waals surface area contributed by atoms with Gasteiger partial charge in [0.2, 0.25) is 0 Å². The van der Waals surface area contributed by atoms with E-state index in [4.69, 9.17) is 27.9 Å². The predicted octanol–water partition coefficient (Wildman–Crippen LogP) is 5.33. The van der Waals surface area contributed by atoms with E-state index in [2.05, 4.69) is 4.98 Å². The highest BCUT2D eigenvalue weighted by Gasteiger charge is 2.13. The number of hydrogen-bond donors (Lipinski definition) is 0. The van der Waals surface area contributed by atoms with Crippen LogP contribution in [-0.2, 0) is 0 Å². The molecule has 0 spiro atoms. The van der Waals surface area contributed by atoms with Crippen molar-refractivity contribution < 1.29 is 9.53 Å². The first-order valence-corrected chi connectivity index (χ1v) is 7.87. The molecule has 0 atom stereocenters. The van der Waals surface area contributed by atoms with Gasteiger partial charge in [-0.2, -0.15) is 0 Å². The lowest BCUT2D eigenvalue weighted by atomic mass is 10.0. The Morgan fingerprint density at radius 1 is 1.17 bits per heavy atom. The quantitative estimate of drug-likeness (QED) is 0.599. The maximum Gasteiger partial charge on any atom is 0.253 e. The second-order valence-electron chi connectivity index (χ2n) is 4.95. The van der Waals surface area contributed by atoms with Crippen molar-refractivity contribution in [3.8, 4) is 17.0 Å². The summed E-state index contributed by atoms with van der Waals surface area (Å²) in [4.78, 5) is 16.4. The Morgan fingerprint density at radius 2 is 2.00 bits per heavy atom. The first-order valence-electron chi connectivity index (χ1n) is 7.12. The van der Waals surface area contributed by atoms with Crippen molar-refractivity contribution in [1.82, 2.24) is 4.98 Å². The first-order chi connectivity index (χ1) is 11.1. The summed E-state index contributed by atoms with van der Waals surface area (Å²) in [5, 5.41) is 0.633. The molecule has 0 saturated carbocycles. The number of carbonyl (C=O) groups is 1. The molecule has 23 heavy (non-hydrogen) atoms. The zero-order chi connectivity index (χ0) is 16.4. The van der Waals surface area contributed by atoms with E-state index in [1.165, 1.54) is 0 Å². The van der Waals surface area contributed by atoms with Gasteiger partial charge in [-0.25, -0.2) is 4.98 Å². The van der Waals surface area contributed by atoms with Gasteiger partial charge in [-0.3, -0.25) is 4.79 Å². The molecule has 116 valence electrons. The molecule has 0 aliphatic rings. The minimum Gasteiger partial charge on any atom is -0.494 e. The molecule has 0 radical (unpaired) electrons. The molecule has 1 aromatic heterocycles. The molecule has 3 nitrogen and oxygen atoms in total. The van der Waals surface area contributed by atoms with Crippen molar-refractivity contribution in [2.24, 2.45) is 0 Å². The second-order valence-corrected chi connectivity index (χ2v) is 5.73. The number of fused-ring (bicyclic) bond motifs is 1. The monoisotopic (exact) mass is 345 g/mol. The van der Waals surface area contributed by atoms with E-state index >= 15 is 0 Å². The summed E-state index contributed by atoms with van der Waals surface area (Å²) in [7, 11) is 0. The van der Waals surface area contributed by atoms with Crippen molar-refractivity contribution >= 4 is 39.3 Å². The van der Waals surface area contributed by atoms with Gasteiger partial charge in [0.25, 0.3) is 5.24 Å². The molecule has 0 N–H and O–H groups in total. The number of rotatable bonds is 4. The average Bonchev–Trinajstić information content (AvgIpc) is 2.54. The van der Waals surface area contributed by atoms with Crippen LogP contribution >= 0.6 is 23.2 Å². The highest BCUT2D eigenvalue weighted by atomic mass is 35.5. The third-order valence-corrected chi connectivity index (χ3v) is 3.86. The fourth-order valence-electron chi connectivity index (χ4n) is 2.42. The molecule has 3 aromatic rings. The Kier molecular flexibility index (Phi) is 4.51. The van der Waals surface area contributed by atoms with Crippen molar-refractivity contribution in [2.75, 3.05) is 6.61 Å². The molecule has 3 rings (SSSR count). The normalized spacial score (nSPS) is 10.7. The van der Waals surface area contributed by atoms with E-state index in [1.807, 2.05) is 31.2 Å². The van der Waals surface area contributed by atoms with Crippen LogP contribution in [0.25, 0.3) is 22.2 Å². The van der Waals surface area contributed by atoms with E-state index in [1.54, 1.807) is 24.3 Å². The van der Waals surface area contributed by atoms with Crippen molar-refractivity contribution in [1.29, 1.82) is 0 Å². The zero-order valence-corrected chi connectivity index (χ0v) is 13.9. The minimum absolute atomic E-state index is 0.385. The fraction of sp³-hybridized carbons (Fsp3) is 0.111. The predicted molar refractivity (Wildman–Crippen MR) is 93.5 cm³/mol. The van der Waals surface area contributed by atoms with Gasteiger partial charge >= 0.3 is 0 Å². The van der Waals surface area contributed by atoms with Gasteiger partial charge in [0.15, 0.2) is 0 Å². The SMILES string of the molecule is CCOc1cccc(-c2cc(C(=O)Cl)c3cc(Cl)ccc3n2)c1. The van der Waals surface area contributed by atoms with Crippen molar-refractivity contribution in [3.05, 3.63) is 59.1 Å². The van der Waals surface area contributed by atoms with Gasteiger partial charge in [-0.05, 0) is 54.9 Å². The number of hydrogen-bond acceptors (Lipinski definition) is 3. The van der Waals surface area contributed by atoms with Crippen LogP contribution in [0.2, 0.25) is 5.02 Å². The molecule has 2 aromatic carbocycles. The molecule has 0 aliphatic carbocycles. The van der Waals surface area contributed by atoms with Gasteiger partial charge in [-0.1, -0.05) is 23.7 Å². The highest BCUT2D eigenvalue weighted by molar-refractivity contribution is 6.68. The molecule has 0 amide bonds. The molecule has 0 unspecified atom stereocenters. The van der Waals surface area contributed by atoms with Gasteiger partial charge < -0.3 is 4.74 Å². The number of benzene rings is 2. The molecule has 0 aliphatic heterocycles. The van der Waals surface area contributed by atoms with Crippen LogP contribution in [-0.4, -0.2) is 16.8 Å². The summed E-state index contributed by atoms with van der Waals surface area (Å²) in [6.07, 6.45) is 0. The van der Waals surface area contributed by atoms with Gasteiger partial charge in [0.05, 0.1) is 17.8 Å². The summed E-state index contributed by atoms with van der Waals surface area (Å²) in [6.45, 7) is 2.51. The molecule has 0 fully saturated rings. The zero-order valence-electron chi connectivity index (χ0n) is 12.3. The maximum absolute atomic E-state index is 11.8. The molecule has 1 heterocycles. The van der Waals surface area contributed by atoms with E-state index < -0.39 is 5.24 Å². The van der Waals surface area contributed by atoms with Gasteiger partial charge in [-0.15, -0.1) is 0 Å². The van der Waals surface area contributed by atoms with Crippen LogP contribution < -0.4 is 4.74 Å². The van der Waals surface area contributed by atoms with Crippen LogP contribution in [0, 0.1) is 0 Å². The first kappa shape index (κ1) is 15.8. The van der Waals surface area contributed by atoms with Crippen molar-refractivity contribution in [2.45, 2.75) is 6.92 Å². The van der Waals surface area contributed by atoms with E-state index in [-0.39, 0.29) is 0 Å². The lowest BCUT2D eigenvalue weighted by Crippen LogP contribution is -1.96. The smallest absolute Gasteiger partial charge is 0.253 e. The summed E-state index contributed by atoms with van der Waals surface area (Å²) < 4.78 is 5.51. The van der Waals surface area contributed by atoms with Gasteiger partial charge in [0.1, 0.15) is 5.75 Å². The Labute approximate surface area is 143 Å². The standard InChI is InChI=1S/C18H13Cl2NO2/c1-2-23-13-5-3-4-11(8-13)17-10-15(18(20)22)14-9-12(19)6-7-16(14)21-17/h3-10H,2H2,1H3. The summed E-state index contributed by atoms with van der Waals surface area (Å²) in [6, 6.07) is 14.4. The third-order valence-electron chi connectivity index (χ3n) is 3.42. The molecular weight excluding hydrogens is 333 g/mol. The van der Waals surface area contributed by atoms with Crippen molar-refractivity contribution in [3.63, 3.8) is 0 Å². The largest absolute Gasteiger partial charge is 0.494 e. The second kappa shape index (κ2) is 6.57. The highest BCUT2D eigenvalue weighted by Crippen LogP contribution is 2.29. The minimum atomic E-state index is -0.540.